The zero-order valence-electron chi connectivity index (χ0n) is 8.75. The van der Waals surface area contributed by atoms with Crippen LogP contribution in [0.15, 0.2) is 12.2 Å². The van der Waals surface area contributed by atoms with Crippen molar-refractivity contribution in [2.24, 2.45) is 10.8 Å². The van der Waals surface area contributed by atoms with Gasteiger partial charge in [0.2, 0.25) is 0 Å². The van der Waals surface area contributed by atoms with Crippen LogP contribution < -0.4 is 0 Å². The van der Waals surface area contributed by atoms with Gasteiger partial charge in [-0.3, -0.25) is 0 Å². The molecule has 2 bridgehead atoms. The van der Waals surface area contributed by atoms with Gasteiger partial charge in [0.1, 0.15) is 0 Å². The summed E-state index contributed by atoms with van der Waals surface area (Å²) in [7, 11) is 0. The summed E-state index contributed by atoms with van der Waals surface area (Å²) in [5.41, 5.74) is 0.801. The molecule has 0 heterocycles. The second-order valence-electron chi connectivity index (χ2n) is 5.34. The molecule has 3 saturated carbocycles. The molecule has 0 saturated heterocycles. The van der Waals surface area contributed by atoms with Crippen LogP contribution in [0.3, 0.4) is 0 Å². The Labute approximate surface area is 85.0 Å². The Hall–Kier alpha value is -0.790. The van der Waals surface area contributed by atoms with Gasteiger partial charge in [-0.05, 0) is 49.4 Å². The van der Waals surface area contributed by atoms with E-state index in [0.717, 1.165) is 0 Å². The number of aliphatic carboxylic acids is 1. The van der Waals surface area contributed by atoms with Crippen molar-refractivity contribution in [2.75, 3.05) is 0 Å². The van der Waals surface area contributed by atoms with Gasteiger partial charge in [0, 0.05) is 6.08 Å². The molecule has 2 heteroatoms. The molecule has 0 amide bonds. The maximum Gasteiger partial charge on any atom is 0.327 e. The number of carbonyl (C=O) groups is 1. The van der Waals surface area contributed by atoms with Crippen LogP contribution in [-0.2, 0) is 4.79 Å². The second kappa shape index (κ2) is 3.11. The quantitative estimate of drug-likeness (QED) is 0.686. The molecular weight excluding hydrogens is 176 g/mol. The van der Waals surface area contributed by atoms with E-state index in [1.54, 1.807) is 0 Å². The van der Waals surface area contributed by atoms with Crippen LogP contribution in [0.2, 0.25) is 0 Å². The molecule has 0 spiro atoms. The van der Waals surface area contributed by atoms with Crippen LogP contribution in [0.5, 0.6) is 0 Å². The summed E-state index contributed by atoms with van der Waals surface area (Å²) < 4.78 is 0. The fourth-order valence-corrected chi connectivity index (χ4v) is 2.90. The molecule has 0 aromatic carbocycles. The third-order valence-electron chi connectivity index (χ3n) is 4.26. The third kappa shape index (κ3) is 1.70. The van der Waals surface area contributed by atoms with Crippen molar-refractivity contribution in [3.05, 3.63) is 12.2 Å². The summed E-state index contributed by atoms with van der Waals surface area (Å²) in [4.78, 5) is 10.5. The lowest BCUT2D eigenvalue weighted by Gasteiger charge is -2.51. The molecular formula is C12H18O2. The summed E-state index contributed by atoms with van der Waals surface area (Å²) >= 11 is 0. The molecule has 0 atom stereocenters. The van der Waals surface area contributed by atoms with Gasteiger partial charge in [-0.25, -0.2) is 4.79 Å². The molecule has 0 aromatic rings. The van der Waals surface area contributed by atoms with Crippen LogP contribution in [0.4, 0.5) is 0 Å². The first kappa shape index (κ1) is 9.75. The standard InChI is InChI=1S/C12H18O2/c1-11-4-7-12(8-5-11,9-6-11)3-2-10(13)14/h2-3H,4-9H2,1H3,(H,13,14)/b3-2+. The number of fused-ring (bicyclic) bond motifs is 3. The van der Waals surface area contributed by atoms with Gasteiger partial charge in [-0.15, -0.1) is 0 Å². The summed E-state index contributed by atoms with van der Waals surface area (Å²) in [6, 6.07) is 0. The zero-order valence-corrected chi connectivity index (χ0v) is 8.75. The van der Waals surface area contributed by atoms with Crippen molar-refractivity contribution in [1.82, 2.24) is 0 Å². The van der Waals surface area contributed by atoms with Gasteiger partial charge in [-0.2, -0.15) is 0 Å². The second-order valence-corrected chi connectivity index (χ2v) is 5.34. The van der Waals surface area contributed by atoms with E-state index in [2.05, 4.69) is 6.92 Å². The Morgan fingerprint density at radius 1 is 1.14 bits per heavy atom. The Morgan fingerprint density at radius 3 is 2.07 bits per heavy atom. The van der Waals surface area contributed by atoms with Crippen LogP contribution in [0.1, 0.15) is 45.4 Å². The summed E-state index contributed by atoms with van der Waals surface area (Å²) in [6.07, 6.45) is 10.7. The molecule has 3 rings (SSSR count). The fourth-order valence-electron chi connectivity index (χ4n) is 2.90. The molecule has 0 aliphatic heterocycles. The van der Waals surface area contributed by atoms with E-state index in [1.807, 2.05) is 6.08 Å². The summed E-state index contributed by atoms with van der Waals surface area (Å²) in [5.74, 6) is -0.807. The van der Waals surface area contributed by atoms with Crippen molar-refractivity contribution in [3.8, 4) is 0 Å². The minimum Gasteiger partial charge on any atom is -0.478 e. The fraction of sp³-hybridized carbons (Fsp3) is 0.750. The number of carboxylic acid groups (broad SMARTS) is 1. The average Bonchev–Trinajstić information content (AvgIpc) is 2.17. The molecule has 3 aliphatic rings. The van der Waals surface area contributed by atoms with Gasteiger partial charge < -0.3 is 5.11 Å². The maximum absolute atomic E-state index is 10.5. The molecule has 14 heavy (non-hydrogen) atoms. The van der Waals surface area contributed by atoms with Gasteiger partial charge in [-0.1, -0.05) is 13.0 Å². The van der Waals surface area contributed by atoms with Crippen molar-refractivity contribution >= 4 is 5.97 Å². The molecule has 3 aliphatic carbocycles. The summed E-state index contributed by atoms with van der Waals surface area (Å²) in [5, 5.41) is 8.63. The van der Waals surface area contributed by atoms with E-state index in [4.69, 9.17) is 5.11 Å². The minimum absolute atomic E-state index is 0.232. The van der Waals surface area contributed by atoms with Crippen molar-refractivity contribution in [3.63, 3.8) is 0 Å². The van der Waals surface area contributed by atoms with Gasteiger partial charge in [0.05, 0.1) is 0 Å². The number of carboxylic acids is 1. The number of allylic oxidation sites excluding steroid dienone is 1. The molecule has 0 aromatic heterocycles. The van der Waals surface area contributed by atoms with E-state index >= 15 is 0 Å². The summed E-state index contributed by atoms with van der Waals surface area (Å²) in [6.45, 7) is 2.37. The van der Waals surface area contributed by atoms with Crippen molar-refractivity contribution < 1.29 is 9.90 Å². The monoisotopic (exact) mass is 194 g/mol. The first-order valence-electron chi connectivity index (χ1n) is 5.46. The average molecular weight is 194 g/mol. The highest BCUT2D eigenvalue weighted by Gasteiger charge is 2.44. The van der Waals surface area contributed by atoms with Crippen LogP contribution >= 0.6 is 0 Å². The lowest BCUT2D eigenvalue weighted by Crippen LogP contribution is -2.38. The molecule has 0 radical (unpaired) electrons. The van der Waals surface area contributed by atoms with E-state index in [9.17, 15) is 4.79 Å². The lowest BCUT2D eigenvalue weighted by molar-refractivity contribution is -0.131. The topological polar surface area (TPSA) is 37.3 Å². The lowest BCUT2D eigenvalue weighted by atomic mass is 9.54. The largest absolute Gasteiger partial charge is 0.478 e. The van der Waals surface area contributed by atoms with E-state index < -0.39 is 5.97 Å². The molecule has 3 fully saturated rings. The Morgan fingerprint density at radius 2 is 1.64 bits per heavy atom. The van der Waals surface area contributed by atoms with Gasteiger partial charge >= 0.3 is 5.97 Å². The van der Waals surface area contributed by atoms with Gasteiger partial charge in [0.25, 0.3) is 0 Å². The highest BCUT2D eigenvalue weighted by atomic mass is 16.4. The van der Waals surface area contributed by atoms with Crippen molar-refractivity contribution in [2.45, 2.75) is 45.4 Å². The normalized spacial score (nSPS) is 41.8. The number of rotatable bonds is 2. The molecule has 1 N–H and O–H groups in total. The number of hydrogen-bond donors (Lipinski definition) is 1. The zero-order chi connectivity index (χ0) is 10.2. The van der Waals surface area contributed by atoms with Crippen LogP contribution in [0, 0.1) is 10.8 Å². The molecule has 2 nitrogen and oxygen atoms in total. The van der Waals surface area contributed by atoms with E-state index in [1.165, 1.54) is 44.6 Å². The molecule has 78 valence electrons. The van der Waals surface area contributed by atoms with Gasteiger partial charge in [0.15, 0.2) is 0 Å². The highest BCUT2D eigenvalue weighted by molar-refractivity contribution is 5.79. The third-order valence-corrected chi connectivity index (χ3v) is 4.26. The van der Waals surface area contributed by atoms with Crippen LogP contribution in [0.25, 0.3) is 0 Å². The van der Waals surface area contributed by atoms with E-state index in [0.29, 0.717) is 5.41 Å². The SMILES string of the molecule is CC12CCC(/C=C/C(=O)O)(CC1)CC2. The predicted octanol–water partition coefficient (Wildman–Crippen LogP) is 2.99. The smallest absolute Gasteiger partial charge is 0.327 e. The maximum atomic E-state index is 10.5. The Balaban J connectivity index is 2.08. The first-order chi connectivity index (χ1) is 6.54. The highest BCUT2D eigenvalue weighted by Crippen LogP contribution is 2.57. The van der Waals surface area contributed by atoms with Crippen molar-refractivity contribution in [1.29, 1.82) is 0 Å². The predicted molar refractivity (Wildman–Crippen MR) is 55.0 cm³/mol. The Bertz CT molecular complexity index is 254. The Kier molecular flexibility index (Phi) is 2.17. The van der Waals surface area contributed by atoms with Crippen LogP contribution in [-0.4, -0.2) is 11.1 Å². The first-order valence-corrected chi connectivity index (χ1v) is 5.46. The number of hydrogen-bond acceptors (Lipinski definition) is 1. The molecule has 0 unspecified atom stereocenters. The van der Waals surface area contributed by atoms with E-state index in [-0.39, 0.29) is 5.41 Å². The minimum atomic E-state index is -0.807.